The second-order valence-corrected chi connectivity index (χ2v) is 4.95. The molecule has 0 bridgehead atoms. The SMILES string of the molecule is CC[C@@H](N)c1ccc(Oc2cc(C)ccc2C)cc1. The molecule has 0 aromatic heterocycles. The van der Waals surface area contributed by atoms with Crippen LogP contribution in [0.3, 0.4) is 0 Å². The van der Waals surface area contributed by atoms with Crippen LogP contribution in [-0.2, 0) is 0 Å². The van der Waals surface area contributed by atoms with Crippen molar-refractivity contribution in [2.24, 2.45) is 5.73 Å². The summed E-state index contributed by atoms with van der Waals surface area (Å²) in [6.45, 7) is 6.21. The van der Waals surface area contributed by atoms with Gasteiger partial charge in [0, 0.05) is 6.04 Å². The lowest BCUT2D eigenvalue weighted by atomic mass is 10.1. The summed E-state index contributed by atoms with van der Waals surface area (Å²) >= 11 is 0. The Morgan fingerprint density at radius 2 is 1.74 bits per heavy atom. The molecule has 0 amide bonds. The van der Waals surface area contributed by atoms with Crippen LogP contribution >= 0.6 is 0 Å². The van der Waals surface area contributed by atoms with Gasteiger partial charge in [0.2, 0.25) is 0 Å². The molecule has 1 atom stereocenters. The number of rotatable bonds is 4. The zero-order chi connectivity index (χ0) is 13.8. The summed E-state index contributed by atoms with van der Waals surface area (Å²) in [5.74, 6) is 1.76. The van der Waals surface area contributed by atoms with Crippen molar-refractivity contribution in [3.63, 3.8) is 0 Å². The van der Waals surface area contributed by atoms with Crippen molar-refractivity contribution < 1.29 is 4.74 Å². The number of ether oxygens (including phenoxy) is 1. The summed E-state index contributed by atoms with van der Waals surface area (Å²) in [6, 6.07) is 14.4. The fourth-order valence-corrected chi connectivity index (χ4v) is 1.96. The second kappa shape index (κ2) is 5.89. The van der Waals surface area contributed by atoms with Gasteiger partial charge in [0.15, 0.2) is 0 Å². The van der Waals surface area contributed by atoms with Gasteiger partial charge in [-0.25, -0.2) is 0 Å². The standard InChI is InChI=1S/C17H21NO/c1-4-16(18)14-7-9-15(10-8-14)19-17-11-12(2)5-6-13(17)3/h5-11,16H,4,18H2,1-3H3/t16-/m1/s1. The van der Waals surface area contributed by atoms with Gasteiger partial charge >= 0.3 is 0 Å². The van der Waals surface area contributed by atoms with E-state index in [1.807, 2.05) is 24.3 Å². The van der Waals surface area contributed by atoms with Crippen molar-refractivity contribution in [3.05, 3.63) is 59.2 Å². The average Bonchev–Trinajstić information content (AvgIpc) is 2.43. The molecule has 0 heterocycles. The predicted octanol–water partition coefficient (Wildman–Crippen LogP) is 4.51. The first-order chi connectivity index (χ1) is 9.10. The van der Waals surface area contributed by atoms with E-state index in [0.29, 0.717) is 0 Å². The fourth-order valence-electron chi connectivity index (χ4n) is 1.96. The van der Waals surface area contributed by atoms with Crippen molar-refractivity contribution in [1.82, 2.24) is 0 Å². The van der Waals surface area contributed by atoms with Crippen LogP contribution in [0.4, 0.5) is 0 Å². The van der Waals surface area contributed by atoms with Crippen LogP contribution in [0.25, 0.3) is 0 Å². The lowest BCUT2D eigenvalue weighted by Gasteiger charge is -2.12. The lowest BCUT2D eigenvalue weighted by molar-refractivity contribution is 0.478. The summed E-state index contributed by atoms with van der Waals surface area (Å²) in [4.78, 5) is 0. The molecule has 100 valence electrons. The van der Waals surface area contributed by atoms with Crippen LogP contribution in [0.15, 0.2) is 42.5 Å². The van der Waals surface area contributed by atoms with E-state index in [9.17, 15) is 0 Å². The van der Waals surface area contributed by atoms with E-state index in [1.54, 1.807) is 0 Å². The van der Waals surface area contributed by atoms with Crippen LogP contribution < -0.4 is 10.5 Å². The fraction of sp³-hybridized carbons (Fsp3) is 0.294. The van der Waals surface area contributed by atoms with Crippen molar-refractivity contribution in [1.29, 1.82) is 0 Å². The number of nitrogens with two attached hydrogens (primary N) is 1. The highest BCUT2D eigenvalue weighted by atomic mass is 16.5. The van der Waals surface area contributed by atoms with Crippen LogP contribution in [-0.4, -0.2) is 0 Å². The topological polar surface area (TPSA) is 35.2 Å². The Morgan fingerprint density at radius 1 is 1.05 bits per heavy atom. The minimum Gasteiger partial charge on any atom is -0.457 e. The summed E-state index contributed by atoms with van der Waals surface area (Å²) < 4.78 is 5.92. The van der Waals surface area contributed by atoms with Crippen LogP contribution in [0.2, 0.25) is 0 Å². The zero-order valence-corrected chi connectivity index (χ0v) is 11.8. The van der Waals surface area contributed by atoms with E-state index in [2.05, 4.69) is 39.0 Å². The van der Waals surface area contributed by atoms with Gasteiger partial charge in [0.25, 0.3) is 0 Å². The monoisotopic (exact) mass is 255 g/mol. The second-order valence-electron chi connectivity index (χ2n) is 4.95. The lowest BCUT2D eigenvalue weighted by Crippen LogP contribution is -2.08. The summed E-state index contributed by atoms with van der Waals surface area (Å²) in [6.07, 6.45) is 0.942. The van der Waals surface area contributed by atoms with E-state index >= 15 is 0 Å². The number of aryl methyl sites for hydroxylation is 2. The van der Waals surface area contributed by atoms with Gasteiger partial charge in [-0.15, -0.1) is 0 Å². The Bertz CT molecular complexity index is 546. The summed E-state index contributed by atoms with van der Waals surface area (Å²) in [7, 11) is 0. The normalized spacial score (nSPS) is 12.2. The largest absolute Gasteiger partial charge is 0.457 e. The van der Waals surface area contributed by atoms with Crippen molar-refractivity contribution in [2.45, 2.75) is 33.2 Å². The molecule has 0 radical (unpaired) electrons. The third-order valence-electron chi connectivity index (χ3n) is 3.32. The van der Waals surface area contributed by atoms with E-state index < -0.39 is 0 Å². The molecule has 19 heavy (non-hydrogen) atoms. The Kier molecular flexibility index (Phi) is 4.23. The molecule has 0 aliphatic carbocycles. The molecule has 0 unspecified atom stereocenters. The van der Waals surface area contributed by atoms with Crippen LogP contribution in [0.1, 0.15) is 36.1 Å². The predicted molar refractivity (Wildman–Crippen MR) is 79.7 cm³/mol. The van der Waals surface area contributed by atoms with Gasteiger partial charge in [0.05, 0.1) is 0 Å². The Hall–Kier alpha value is -1.80. The molecule has 0 saturated carbocycles. The minimum atomic E-state index is 0.106. The maximum absolute atomic E-state index is 6.00. The minimum absolute atomic E-state index is 0.106. The average molecular weight is 255 g/mol. The first-order valence-electron chi connectivity index (χ1n) is 6.71. The first kappa shape index (κ1) is 13.6. The van der Waals surface area contributed by atoms with Gasteiger partial charge in [-0.05, 0) is 55.2 Å². The van der Waals surface area contributed by atoms with Gasteiger partial charge < -0.3 is 10.5 Å². The van der Waals surface area contributed by atoms with Crippen LogP contribution in [0, 0.1) is 13.8 Å². The van der Waals surface area contributed by atoms with E-state index in [4.69, 9.17) is 10.5 Å². The molecule has 2 aromatic rings. The van der Waals surface area contributed by atoms with E-state index in [-0.39, 0.29) is 6.04 Å². The first-order valence-corrected chi connectivity index (χ1v) is 6.71. The summed E-state index contributed by atoms with van der Waals surface area (Å²) in [5, 5.41) is 0. The molecule has 0 aliphatic rings. The highest BCUT2D eigenvalue weighted by molar-refractivity contribution is 5.40. The highest BCUT2D eigenvalue weighted by Crippen LogP contribution is 2.27. The number of hydrogen-bond donors (Lipinski definition) is 1. The molecular formula is C17H21NO. The molecule has 2 rings (SSSR count). The molecule has 2 heteroatoms. The van der Waals surface area contributed by atoms with Crippen LogP contribution in [0.5, 0.6) is 11.5 Å². The van der Waals surface area contributed by atoms with Gasteiger partial charge in [-0.1, -0.05) is 31.2 Å². The molecule has 2 nitrogen and oxygen atoms in total. The molecule has 0 saturated heterocycles. The molecule has 0 aliphatic heterocycles. The molecule has 2 aromatic carbocycles. The molecule has 2 N–H and O–H groups in total. The van der Waals surface area contributed by atoms with Crippen molar-refractivity contribution in [2.75, 3.05) is 0 Å². The van der Waals surface area contributed by atoms with Gasteiger partial charge in [-0.3, -0.25) is 0 Å². The molecule has 0 fully saturated rings. The Morgan fingerprint density at radius 3 is 2.37 bits per heavy atom. The Balaban J connectivity index is 2.17. The number of benzene rings is 2. The maximum Gasteiger partial charge on any atom is 0.130 e. The zero-order valence-electron chi connectivity index (χ0n) is 11.8. The third-order valence-corrected chi connectivity index (χ3v) is 3.32. The van der Waals surface area contributed by atoms with Crippen molar-refractivity contribution >= 4 is 0 Å². The highest BCUT2D eigenvalue weighted by Gasteiger charge is 2.05. The molecule has 0 spiro atoms. The van der Waals surface area contributed by atoms with E-state index in [1.165, 1.54) is 5.56 Å². The number of hydrogen-bond acceptors (Lipinski definition) is 2. The smallest absolute Gasteiger partial charge is 0.130 e. The van der Waals surface area contributed by atoms with Gasteiger partial charge in [-0.2, -0.15) is 0 Å². The summed E-state index contributed by atoms with van der Waals surface area (Å²) in [5.41, 5.74) is 9.49. The maximum atomic E-state index is 6.00. The van der Waals surface area contributed by atoms with Gasteiger partial charge in [0.1, 0.15) is 11.5 Å². The van der Waals surface area contributed by atoms with E-state index in [0.717, 1.165) is 29.0 Å². The quantitative estimate of drug-likeness (QED) is 0.872. The van der Waals surface area contributed by atoms with Crippen molar-refractivity contribution in [3.8, 4) is 11.5 Å². The molecular weight excluding hydrogens is 234 g/mol. The third kappa shape index (κ3) is 3.36. The Labute approximate surface area is 115 Å².